The Morgan fingerprint density at radius 1 is 0.932 bits per heavy atom. The second kappa shape index (κ2) is 12.8. The lowest BCUT2D eigenvalue weighted by Gasteiger charge is -2.29. The van der Waals surface area contributed by atoms with Crippen molar-refractivity contribution in [3.05, 3.63) is 78.5 Å². The quantitative estimate of drug-likeness (QED) is 0.189. The van der Waals surface area contributed by atoms with Gasteiger partial charge in [0.05, 0.1) is 5.69 Å². The summed E-state index contributed by atoms with van der Waals surface area (Å²) in [6.07, 6.45) is 4.13. The minimum Gasteiger partial charge on any atom is -0.457 e. The van der Waals surface area contributed by atoms with Crippen LogP contribution in [0.2, 0.25) is 0 Å². The smallest absolute Gasteiger partial charge is 0.419 e. The molecule has 0 aliphatic heterocycles. The Morgan fingerprint density at radius 3 is 2.11 bits per heavy atom. The van der Waals surface area contributed by atoms with Crippen molar-refractivity contribution in [2.75, 3.05) is 6.54 Å². The minimum atomic E-state index is -0.981. The number of esters is 1. The van der Waals surface area contributed by atoms with Gasteiger partial charge in [-0.1, -0.05) is 43.3 Å². The fraction of sp³-hybridized carbons (Fsp3) is 0.500. The molecule has 1 aliphatic carbocycles. The molecule has 1 saturated carbocycles. The van der Waals surface area contributed by atoms with Crippen LogP contribution < -0.4 is 0 Å². The first-order valence-electron chi connectivity index (χ1n) is 15.1. The van der Waals surface area contributed by atoms with Crippen molar-refractivity contribution in [1.82, 2.24) is 19.4 Å². The molecule has 2 unspecified atom stereocenters. The van der Waals surface area contributed by atoms with Gasteiger partial charge in [0.2, 0.25) is 0 Å². The molecule has 4 rings (SSSR count). The number of carbonyl (C=O) groups excluding carboxylic acids is 3. The van der Waals surface area contributed by atoms with Crippen LogP contribution in [0.25, 0.3) is 5.82 Å². The number of hydrogen-bond donors (Lipinski definition) is 0. The van der Waals surface area contributed by atoms with Crippen LogP contribution in [0.15, 0.2) is 67.3 Å². The minimum absolute atomic E-state index is 0.0649. The Kier molecular flexibility index (Phi) is 9.51. The maximum atomic E-state index is 14.0. The lowest BCUT2D eigenvalue weighted by Crippen LogP contribution is -2.44. The number of carbonyl (C=O) groups is 3. The molecule has 3 aromatic rings. The van der Waals surface area contributed by atoms with Crippen LogP contribution in [0.4, 0.5) is 9.59 Å². The molecule has 10 nitrogen and oxygen atoms in total. The monoisotopic (exact) mass is 604 g/mol. The summed E-state index contributed by atoms with van der Waals surface area (Å²) in [5, 5.41) is 0. The van der Waals surface area contributed by atoms with Crippen LogP contribution in [0.3, 0.4) is 0 Å². The highest BCUT2D eigenvalue weighted by atomic mass is 16.6. The first kappa shape index (κ1) is 32.7. The van der Waals surface area contributed by atoms with Gasteiger partial charge in [0.1, 0.15) is 34.9 Å². The first-order chi connectivity index (χ1) is 20.6. The SMILES string of the molecule is CC(OC(=O)[C@]1(c2cn(-c3ccccn3)cn2)CC1[C@H](C)CCN(C(=O)OC(C)(C)C)C(=O)OC(C)(C)C)c1ccccc1. The average molecular weight is 605 g/mol. The summed E-state index contributed by atoms with van der Waals surface area (Å²) in [7, 11) is 0. The molecule has 4 atom stereocenters. The molecule has 10 heteroatoms. The number of hydrogen-bond acceptors (Lipinski definition) is 8. The number of ether oxygens (including phenoxy) is 3. The number of pyridine rings is 1. The third kappa shape index (κ3) is 7.84. The van der Waals surface area contributed by atoms with Gasteiger partial charge >= 0.3 is 18.2 Å². The summed E-state index contributed by atoms with van der Waals surface area (Å²) >= 11 is 0. The van der Waals surface area contributed by atoms with Crippen LogP contribution >= 0.6 is 0 Å². The van der Waals surface area contributed by atoms with E-state index in [4.69, 9.17) is 14.2 Å². The van der Waals surface area contributed by atoms with Crippen LogP contribution in [0, 0.1) is 11.8 Å². The summed E-state index contributed by atoms with van der Waals surface area (Å²) < 4.78 is 18.9. The van der Waals surface area contributed by atoms with Gasteiger partial charge < -0.3 is 14.2 Å². The Morgan fingerprint density at radius 2 is 1.55 bits per heavy atom. The molecule has 0 radical (unpaired) electrons. The van der Waals surface area contributed by atoms with Gasteiger partial charge in [0, 0.05) is 18.9 Å². The van der Waals surface area contributed by atoms with Crippen LogP contribution in [-0.2, 0) is 24.4 Å². The van der Waals surface area contributed by atoms with Gasteiger partial charge in [0.25, 0.3) is 0 Å². The number of amides is 2. The summed E-state index contributed by atoms with van der Waals surface area (Å²) in [6.45, 7) is 14.4. The van der Waals surface area contributed by atoms with Gasteiger partial charge in [-0.15, -0.1) is 0 Å². The summed E-state index contributed by atoms with van der Waals surface area (Å²) in [6, 6.07) is 15.2. The molecule has 1 aliphatic rings. The zero-order valence-corrected chi connectivity index (χ0v) is 26.9. The molecule has 1 fully saturated rings. The van der Waals surface area contributed by atoms with E-state index in [1.54, 1.807) is 58.6 Å². The molecule has 236 valence electrons. The molecular formula is C34H44N4O6. The highest BCUT2D eigenvalue weighted by molar-refractivity contribution is 5.88. The summed E-state index contributed by atoms with van der Waals surface area (Å²) in [5.74, 6) is 0.113. The van der Waals surface area contributed by atoms with Gasteiger partial charge in [-0.3, -0.25) is 9.36 Å². The highest BCUT2D eigenvalue weighted by Gasteiger charge is 2.65. The van der Waals surface area contributed by atoms with E-state index in [0.29, 0.717) is 24.4 Å². The third-order valence-corrected chi connectivity index (χ3v) is 7.61. The molecular weight excluding hydrogens is 560 g/mol. The van der Waals surface area contributed by atoms with Crippen molar-refractivity contribution >= 4 is 18.2 Å². The number of aromatic nitrogens is 3. The first-order valence-corrected chi connectivity index (χ1v) is 15.1. The Bertz CT molecular complexity index is 1420. The van der Waals surface area contributed by atoms with Crippen LogP contribution in [-0.4, -0.2) is 55.3 Å². The Hall–Kier alpha value is -4.21. The van der Waals surface area contributed by atoms with Crippen molar-refractivity contribution in [3.8, 4) is 5.82 Å². The average Bonchev–Trinajstić information content (AvgIpc) is 3.52. The second-order valence-corrected chi connectivity index (χ2v) is 13.5. The maximum Gasteiger partial charge on any atom is 0.419 e. The zero-order valence-electron chi connectivity index (χ0n) is 26.9. The number of nitrogens with zero attached hydrogens (tertiary/aromatic N) is 4. The Balaban J connectivity index is 1.57. The topological polar surface area (TPSA) is 113 Å². The summed E-state index contributed by atoms with van der Waals surface area (Å²) in [4.78, 5) is 50.1. The van der Waals surface area contributed by atoms with Crippen molar-refractivity contribution in [1.29, 1.82) is 0 Å². The van der Waals surface area contributed by atoms with E-state index in [-0.39, 0.29) is 24.3 Å². The third-order valence-electron chi connectivity index (χ3n) is 7.61. The number of imidazole rings is 1. The van der Waals surface area contributed by atoms with E-state index in [9.17, 15) is 14.4 Å². The molecule has 2 amide bonds. The van der Waals surface area contributed by atoms with E-state index in [1.807, 2.05) is 68.6 Å². The molecule has 1 aromatic carbocycles. The molecule has 2 aromatic heterocycles. The van der Waals surface area contributed by atoms with Gasteiger partial charge in [0.15, 0.2) is 0 Å². The standard InChI is InChI=1S/C34H44N4O6/c1-23(17-19-38(30(40)43-32(3,4)5)31(41)44-33(6,7)8)26-20-34(26,29(39)42-24(2)25-14-10-9-11-15-25)27-21-37(22-36-27)28-16-12-13-18-35-28/h9-16,18,21-24,26H,17,19-20H2,1-8H3/t23-,24?,26?,34-/m1/s1. The van der Waals surface area contributed by atoms with E-state index in [0.717, 1.165) is 10.5 Å². The molecule has 0 bridgehead atoms. The molecule has 44 heavy (non-hydrogen) atoms. The molecule has 0 N–H and O–H groups in total. The highest BCUT2D eigenvalue weighted by Crippen LogP contribution is 2.59. The Labute approximate surface area is 259 Å². The van der Waals surface area contributed by atoms with E-state index >= 15 is 0 Å². The van der Waals surface area contributed by atoms with E-state index in [2.05, 4.69) is 9.97 Å². The lowest BCUT2D eigenvalue weighted by atomic mass is 9.91. The van der Waals surface area contributed by atoms with Gasteiger partial charge in [-0.2, -0.15) is 0 Å². The maximum absolute atomic E-state index is 14.0. The second-order valence-electron chi connectivity index (χ2n) is 13.5. The number of benzene rings is 1. The van der Waals surface area contributed by atoms with Crippen molar-refractivity contribution in [3.63, 3.8) is 0 Å². The van der Waals surface area contributed by atoms with Gasteiger partial charge in [-0.05, 0) is 90.8 Å². The number of imide groups is 1. The largest absolute Gasteiger partial charge is 0.457 e. The molecule has 0 saturated heterocycles. The summed E-state index contributed by atoms with van der Waals surface area (Å²) in [5.41, 5.74) is -1.07. The van der Waals surface area contributed by atoms with Gasteiger partial charge in [-0.25, -0.2) is 24.5 Å². The predicted octanol–water partition coefficient (Wildman–Crippen LogP) is 7.03. The van der Waals surface area contributed by atoms with Crippen molar-refractivity contribution in [2.45, 2.75) is 91.0 Å². The van der Waals surface area contributed by atoms with Crippen LogP contribution in [0.5, 0.6) is 0 Å². The fourth-order valence-electron chi connectivity index (χ4n) is 5.28. The lowest BCUT2D eigenvalue weighted by molar-refractivity contribution is -0.152. The normalized spacial score (nSPS) is 19.4. The number of rotatable bonds is 9. The zero-order chi connectivity index (χ0) is 32.3. The fourth-order valence-corrected chi connectivity index (χ4v) is 5.28. The van der Waals surface area contributed by atoms with E-state index < -0.39 is 34.9 Å². The van der Waals surface area contributed by atoms with Crippen LogP contribution in [0.1, 0.15) is 85.6 Å². The molecule has 0 spiro atoms. The van der Waals surface area contributed by atoms with E-state index in [1.165, 1.54) is 0 Å². The molecule has 2 heterocycles. The van der Waals surface area contributed by atoms with Crippen molar-refractivity contribution in [2.24, 2.45) is 11.8 Å². The van der Waals surface area contributed by atoms with Crippen molar-refractivity contribution < 1.29 is 28.6 Å². The predicted molar refractivity (Wildman–Crippen MR) is 165 cm³/mol.